The number of carbonyl (C=O) groups is 1. The fourth-order valence-corrected chi connectivity index (χ4v) is 6.10. The van der Waals surface area contributed by atoms with E-state index >= 15 is 0 Å². The first-order valence-corrected chi connectivity index (χ1v) is 11.8. The van der Waals surface area contributed by atoms with E-state index in [-0.39, 0.29) is 18.0 Å². The third-order valence-electron chi connectivity index (χ3n) is 6.79. The molecule has 1 saturated heterocycles. The number of benzene rings is 1. The van der Waals surface area contributed by atoms with Crippen LogP contribution in [0.2, 0.25) is 0 Å². The second-order valence-corrected chi connectivity index (χ2v) is 9.57. The highest BCUT2D eigenvalue weighted by molar-refractivity contribution is 7.17. The van der Waals surface area contributed by atoms with Gasteiger partial charge in [0.05, 0.1) is 11.7 Å². The molecule has 1 amide bonds. The predicted molar refractivity (Wildman–Crippen MR) is 121 cm³/mol. The Balaban J connectivity index is 1.45. The van der Waals surface area contributed by atoms with Gasteiger partial charge in [-0.2, -0.15) is 0 Å². The quantitative estimate of drug-likeness (QED) is 0.620. The van der Waals surface area contributed by atoms with Crippen LogP contribution < -0.4 is 5.56 Å². The number of likely N-dealkylation sites (tertiary alicyclic amines) is 1. The molecule has 3 heterocycles. The molecular formula is C24H27N3O2S. The van der Waals surface area contributed by atoms with Gasteiger partial charge in [-0.15, -0.1) is 11.3 Å². The van der Waals surface area contributed by atoms with Crippen molar-refractivity contribution in [2.45, 2.75) is 58.0 Å². The van der Waals surface area contributed by atoms with E-state index in [1.165, 1.54) is 47.2 Å². The van der Waals surface area contributed by atoms with Crippen LogP contribution in [0.1, 0.15) is 44.1 Å². The van der Waals surface area contributed by atoms with E-state index in [4.69, 9.17) is 0 Å². The van der Waals surface area contributed by atoms with Crippen molar-refractivity contribution >= 4 is 27.5 Å². The molecule has 1 aliphatic carbocycles. The number of nitrogens with zero attached hydrogens (tertiary/aromatic N) is 3. The number of piperidine rings is 1. The fraction of sp³-hybridized carbons (Fsp3) is 0.458. The van der Waals surface area contributed by atoms with Crippen LogP contribution in [0.25, 0.3) is 21.3 Å². The molecule has 0 bridgehead atoms. The maximum Gasteiger partial charge on any atom is 0.263 e. The van der Waals surface area contributed by atoms with Gasteiger partial charge >= 0.3 is 0 Å². The number of thiophene rings is 1. The van der Waals surface area contributed by atoms with Crippen molar-refractivity contribution < 1.29 is 4.79 Å². The maximum atomic E-state index is 13.3. The maximum absolute atomic E-state index is 13.3. The molecule has 2 unspecified atom stereocenters. The van der Waals surface area contributed by atoms with Crippen LogP contribution in [0.5, 0.6) is 0 Å². The number of carbonyl (C=O) groups excluding carboxylic acids is 1. The molecule has 6 heteroatoms. The van der Waals surface area contributed by atoms with Gasteiger partial charge in [-0.3, -0.25) is 14.2 Å². The average molecular weight is 422 g/mol. The Bertz CT molecular complexity index is 1130. The van der Waals surface area contributed by atoms with Crippen LogP contribution in [0, 0.1) is 12.8 Å². The SMILES string of the molecule is Cc1ccc(-c2csc3ncn(CC(=O)N4CCCC5CCCCC54)c(=O)c23)cc1. The summed E-state index contributed by atoms with van der Waals surface area (Å²) in [5.74, 6) is 0.695. The summed E-state index contributed by atoms with van der Waals surface area (Å²) in [4.78, 5) is 33.8. The van der Waals surface area contributed by atoms with Crippen LogP contribution >= 0.6 is 11.3 Å². The summed E-state index contributed by atoms with van der Waals surface area (Å²) in [6, 6.07) is 8.53. The molecule has 2 atom stereocenters. The first kappa shape index (κ1) is 19.5. The van der Waals surface area contributed by atoms with Crippen LogP contribution in [-0.2, 0) is 11.3 Å². The van der Waals surface area contributed by atoms with E-state index in [9.17, 15) is 9.59 Å². The van der Waals surface area contributed by atoms with E-state index in [0.29, 0.717) is 17.3 Å². The van der Waals surface area contributed by atoms with E-state index in [1.54, 1.807) is 6.33 Å². The smallest absolute Gasteiger partial charge is 0.263 e. The zero-order valence-corrected chi connectivity index (χ0v) is 18.2. The number of fused-ring (bicyclic) bond motifs is 2. The minimum atomic E-state index is -0.123. The Morgan fingerprint density at radius 1 is 1.13 bits per heavy atom. The highest BCUT2D eigenvalue weighted by Gasteiger charge is 2.35. The Morgan fingerprint density at radius 2 is 1.90 bits per heavy atom. The van der Waals surface area contributed by atoms with Gasteiger partial charge in [0.25, 0.3) is 5.56 Å². The molecule has 156 valence electrons. The third kappa shape index (κ3) is 3.47. The molecule has 1 saturated carbocycles. The van der Waals surface area contributed by atoms with Crippen molar-refractivity contribution in [2.24, 2.45) is 5.92 Å². The average Bonchev–Trinajstić information content (AvgIpc) is 3.20. The Labute approximate surface area is 180 Å². The molecule has 5 rings (SSSR count). The summed E-state index contributed by atoms with van der Waals surface area (Å²) in [5, 5.41) is 2.61. The van der Waals surface area contributed by atoms with Crippen molar-refractivity contribution in [2.75, 3.05) is 6.54 Å². The minimum Gasteiger partial charge on any atom is -0.338 e. The molecule has 30 heavy (non-hydrogen) atoms. The van der Waals surface area contributed by atoms with E-state index in [2.05, 4.69) is 9.88 Å². The van der Waals surface area contributed by atoms with Crippen LogP contribution in [0.3, 0.4) is 0 Å². The first-order chi connectivity index (χ1) is 14.6. The van der Waals surface area contributed by atoms with Gasteiger partial charge in [0.15, 0.2) is 0 Å². The topological polar surface area (TPSA) is 55.2 Å². The van der Waals surface area contributed by atoms with Crippen molar-refractivity contribution in [3.63, 3.8) is 0 Å². The van der Waals surface area contributed by atoms with Crippen molar-refractivity contribution in [3.05, 3.63) is 51.9 Å². The lowest BCUT2D eigenvalue weighted by molar-refractivity contribution is -0.138. The molecule has 1 aromatic carbocycles. The monoisotopic (exact) mass is 421 g/mol. The molecule has 2 aromatic heterocycles. The number of hydrogen-bond acceptors (Lipinski definition) is 4. The van der Waals surface area contributed by atoms with E-state index < -0.39 is 0 Å². The van der Waals surface area contributed by atoms with E-state index in [0.717, 1.165) is 35.3 Å². The molecular weight excluding hydrogens is 394 g/mol. The van der Waals surface area contributed by atoms with Crippen molar-refractivity contribution in [1.29, 1.82) is 0 Å². The number of aromatic nitrogens is 2. The second kappa shape index (κ2) is 7.99. The molecule has 3 aromatic rings. The molecule has 2 fully saturated rings. The number of aryl methyl sites for hydroxylation is 1. The summed E-state index contributed by atoms with van der Waals surface area (Å²) in [5.41, 5.74) is 2.97. The minimum absolute atomic E-state index is 0.0574. The van der Waals surface area contributed by atoms with Gasteiger partial charge in [0.2, 0.25) is 5.91 Å². The van der Waals surface area contributed by atoms with Crippen LogP contribution in [0.4, 0.5) is 0 Å². The summed E-state index contributed by atoms with van der Waals surface area (Å²) >= 11 is 1.48. The molecule has 0 N–H and O–H groups in total. The highest BCUT2D eigenvalue weighted by atomic mass is 32.1. The largest absolute Gasteiger partial charge is 0.338 e. The molecule has 0 spiro atoms. The number of hydrogen-bond donors (Lipinski definition) is 0. The van der Waals surface area contributed by atoms with Gasteiger partial charge in [-0.25, -0.2) is 4.98 Å². The number of amides is 1. The Hall–Kier alpha value is -2.47. The summed E-state index contributed by atoms with van der Waals surface area (Å²) < 4.78 is 1.50. The second-order valence-electron chi connectivity index (χ2n) is 8.71. The molecule has 0 radical (unpaired) electrons. The van der Waals surface area contributed by atoms with Gasteiger partial charge in [-0.05, 0) is 44.1 Å². The lowest BCUT2D eigenvalue weighted by Crippen LogP contribution is -2.51. The predicted octanol–water partition coefficient (Wildman–Crippen LogP) is 4.61. The summed E-state index contributed by atoms with van der Waals surface area (Å²) in [7, 11) is 0. The fourth-order valence-electron chi connectivity index (χ4n) is 5.20. The summed E-state index contributed by atoms with van der Waals surface area (Å²) in [6.07, 6.45) is 8.66. The molecule has 1 aliphatic heterocycles. The molecule has 2 aliphatic rings. The Morgan fingerprint density at radius 3 is 2.73 bits per heavy atom. The van der Waals surface area contributed by atoms with Gasteiger partial charge in [0.1, 0.15) is 11.4 Å². The molecule has 5 nitrogen and oxygen atoms in total. The number of rotatable bonds is 3. The lowest BCUT2D eigenvalue weighted by Gasteiger charge is -2.44. The van der Waals surface area contributed by atoms with Gasteiger partial charge in [0, 0.05) is 23.5 Å². The standard InChI is InChI=1S/C24H27N3O2S/c1-16-8-10-17(11-9-16)19-14-30-23-22(19)24(29)26(15-25-23)13-21(28)27-12-4-6-18-5-2-3-7-20(18)27/h8-11,14-15,18,20H,2-7,12-13H2,1H3. The zero-order valence-electron chi connectivity index (χ0n) is 17.3. The van der Waals surface area contributed by atoms with Crippen molar-refractivity contribution in [3.8, 4) is 11.1 Å². The Kier molecular flexibility index (Phi) is 5.19. The van der Waals surface area contributed by atoms with Crippen LogP contribution in [-0.4, -0.2) is 32.9 Å². The van der Waals surface area contributed by atoms with E-state index in [1.807, 2.05) is 36.6 Å². The lowest BCUT2D eigenvalue weighted by atomic mass is 9.78. The van der Waals surface area contributed by atoms with Crippen molar-refractivity contribution in [1.82, 2.24) is 14.5 Å². The normalized spacial score (nSPS) is 21.6. The first-order valence-electron chi connectivity index (χ1n) is 10.9. The highest BCUT2D eigenvalue weighted by Crippen LogP contribution is 2.35. The summed E-state index contributed by atoms with van der Waals surface area (Å²) in [6.45, 7) is 2.94. The van der Waals surface area contributed by atoms with Crippen LogP contribution in [0.15, 0.2) is 40.8 Å². The van der Waals surface area contributed by atoms with Gasteiger partial charge < -0.3 is 4.90 Å². The van der Waals surface area contributed by atoms with Gasteiger partial charge in [-0.1, -0.05) is 42.7 Å². The zero-order chi connectivity index (χ0) is 20.7. The third-order valence-corrected chi connectivity index (χ3v) is 7.68.